The standard InChI is InChI=1S/C12H12N2O4/c1-6-11(15)14-8-4-7(2-3-9(8)17-6)10-5-13-12(16)18-10/h2-4,6,10H,5H2,1H3,(H,13,16)(H,14,15). The molecule has 0 bridgehead atoms. The van der Waals surface area contributed by atoms with Crippen LogP contribution in [0.3, 0.4) is 0 Å². The number of rotatable bonds is 1. The van der Waals surface area contributed by atoms with E-state index in [0.717, 1.165) is 5.56 Å². The molecule has 0 radical (unpaired) electrons. The number of alkyl carbamates (subject to hydrolysis) is 1. The van der Waals surface area contributed by atoms with Crippen LogP contribution in [-0.4, -0.2) is 24.6 Å². The van der Waals surface area contributed by atoms with Crippen molar-refractivity contribution in [2.24, 2.45) is 0 Å². The van der Waals surface area contributed by atoms with E-state index in [4.69, 9.17) is 9.47 Å². The molecule has 0 saturated carbocycles. The summed E-state index contributed by atoms with van der Waals surface area (Å²) in [5.74, 6) is 0.448. The normalized spacial score (nSPS) is 25.6. The molecular weight excluding hydrogens is 236 g/mol. The lowest BCUT2D eigenvalue weighted by molar-refractivity contribution is -0.122. The number of hydrogen-bond donors (Lipinski definition) is 2. The molecule has 2 unspecified atom stereocenters. The third-order valence-electron chi connectivity index (χ3n) is 2.99. The zero-order valence-electron chi connectivity index (χ0n) is 9.73. The van der Waals surface area contributed by atoms with Crippen LogP contribution >= 0.6 is 0 Å². The van der Waals surface area contributed by atoms with Crippen molar-refractivity contribution in [1.82, 2.24) is 5.32 Å². The average molecular weight is 248 g/mol. The summed E-state index contributed by atoms with van der Waals surface area (Å²) in [6.45, 7) is 2.12. The number of anilines is 1. The molecule has 1 aromatic rings. The van der Waals surface area contributed by atoms with Crippen LogP contribution in [0.1, 0.15) is 18.6 Å². The van der Waals surface area contributed by atoms with Crippen LogP contribution in [0.5, 0.6) is 5.75 Å². The average Bonchev–Trinajstić information content (AvgIpc) is 2.77. The molecule has 0 aliphatic carbocycles. The molecule has 2 N–H and O–H groups in total. The summed E-state index contributed by atoms with van der Waals surface area (Å²) in [4.78, 5) is 22.5. The van der Waals surface area contributed by atoms with Gasteiger partial charge >= 0.3 is 6.09 Å². The number of carbonyl (C=O) groups is 2. The Kier molecular flexibility index (Phi) is 2.36. The van der Waals surface area contributed by atoms with Crippen molar-refractivity contribution in [1.29, 1.82) is 0 Å². The molecular formula is C12H12N2O4. The first-order valence-corrected chi connectivity index (χ1v) is 5.69. The Labute approximate surface area is 103 Å². The fraction of sp³-hybridized carbons (Fsp3) is 0.333. The van der Waals surface area contributed by atoms with Gasteiger partial charge in [0, 0.05) is 0 Å². The monoisotopic (exact) mass is 248 g/mol. The molecule has 18 heavy (non-hydrogen) atoms. The van der Waals surface area contributed by atoms with Crippen molar-refractivity contribution in [3.05, 3.63) is 23.8 Å². The molecule has 2 aliphatic rings. The Bertz CT molecular complexity index is 529. The fourth-order valence-electron chi connectivity index (χ4n) is 2.00. The summed E-state index contributed by atoms with van der Waals surface area (Å²) in [6, 6.07) is 5.37. The van der Waals surface area contributed by atoms with Gasteiger partial charge in [-0.25, -0.2) is 4.79 Å². The first-order valence-electron chi connectivity index (χ1n) is 5.69. The quantitative estimate of drug-likeness (QED) is 0.782. The molecule has 2 heterocycles. The number of cyclic esters (lactones) is 1. The smallest absolute Gasteiger partial charge is 0.407 e. The van der Waals surface area contributed by atoms with Crippen LogP contribution in [-0.2, 0) is 9.53 Å². The number of nitrogens with one attached hydrogen (secondary N) is 2. The van der Waals surface area contributed by atoms with Gasteiger partial charge in [0.15, 0.2) is 6.10 Å². The fourth-order valence-corrected chi connectivity index (χ4v) is 2.00. The van der Waals surface area contributed by atoms with E-state index in [1.807, 2.05) is 6.07 Å². The first-order chi connectivity index (χ1) is 8.63. The third kappa shape index (κ3) is 1.75. The number of hydrogen-bond acceptors (Lipinski definition) is 4. The predicted molar refractivity (Wildman–Crippen MR) is 62.4 cm³/mol. The van der Waals surface area contributed by atoms with Crippen molar-refractivity contribution >= 4 is 17.7 Å². The van der Waals surface area contributed by atoms with Crippen LogP contribution < -0.4 is 15.4 Å². The van der Waals surface area contributed by atoms with Gasteiger partial charge in [-0.3, -0.25) is 4.79 Å². The summed E-state index contributed by atoms with van der Waals surface area (Å²) in [7, 11) is 0. The number of carbonyl (C=O) groups excluding carboxylic acids is 2. The molecule has 2 amide bonds. The van der Waals surface area contributed by atoms with Crippen LogP contribution in [0.25, 0.3) is 0 Å². The van der Waals surface area contributed by atoms with Gasteiger partial charge in [0.25, 0.3) is 5.91 Å². The SMILES string of the molecule is CC1Oc2ccc(C3CNC(=O)O3)cc2NC1=O. The number of fused-ring (bicyclic) bond motifs is 1. The Balaban J connectivity index is 1.89. The summed E-state index contributed by atoms with van der Waals surface area (Å²) in [6.07, 6.45) is -1.24. The molecule has 1 saturated heterocycles. The molecule has 6 heteroatoms. The van der Waals surface area contributed by atoms with Gasteiger partial charge in [-0.2, -0.15) is 0 Å². The Morgan fingerprint density at radius 3 is 2.83 bits per heavy atom. The molecule has 2 atom stereocenters. The van der Waals surface area contributed by atoms with Crippen LogP contribution in [0.2, 0.25) is 0 Å². The van der Waals surface area contributed by atoms with Gasteiger partial charge in [-0.05, 0) is 24.6 Å². The lowest BCUT2D eigenvalue weighted by Gasteiger charge is -2.24. The second kappa shape index (κ2) is 3.90. The Morgan fingerprint density at radius 1 is 1.28 bits per heavy atom. The minimum absolute atomic E-state index is 0.179. The van der Waals surface area contributed by atoms with Crippen molar-refractivity contribution in [2.45, 2.75) is 19.1 Å². The zero-order valence-corrected chi connectivity index (χ0v) is 9.73. The molecule has 0 spiro atoms. The van der Waals surface area contributed by atoms with Crippen molar-refractivity contribution in [3.8, 4) is 5.75 Å². The highest BCUT2D eigenvalue weighted by atomic mass is 16.6. The van der Waals surface area contributed by atoms with E-state index in [0.29, 0.717) is 18.0 Å². The number of amides is 2. The first kappa shape index (κ1) is 10.9. The number of ether oxygens (including phenoxy) is 2. The van der Waals surface area contributed by atoms with Gasteiger partial charge in [-0.15, -0.1) is 0 Å². The second-order valence-corrected chi connectivity index (χ2v) is 4.28. The third-order valence-corrected chi connectivity index (χ3v) is 2.99. The highest BCUT2D eigenvalue weighted by Gasteiger charge is 2.28. The summed E-state index contributed by atoms with van der Waals surface area (Å²) < 4.78 is 10.5. The van der Waals surface area contributed by atoms with E-state index in [-0.39, 0.29) is 12.0 Å². The van der Waals surface area contributed by atoms with E-state index in [1.165, 1.54) is 0 Å². The predicted octanol–water partition coefficient (Wildman–Crippen LogP) is 1.19. The van der Waals surface area contributed by atoms with Gasteiger partial charge in [0.1, 0.15) is 11.9 Å². The van der Waals surface area contributed by atoms with Gasteiger partial charge in [-0.1, -0.05) is 6.07 Å². The zero-order chi connectivity index (χ0) is 12.7. The van der Waals surface area contributed by atoms with Gasteiger partial charge in [0.05, 0.1) is 12.2 Å². The largest absolute Gasteiger partial charge is 0.479 e. The molecule has 2 aliphatic heterocycles. The Morgan fingerprint density at radius 2 is 2.11 bits per heavy atom. The van der Waals surface area contributed by atoms with Crippen LogP contribution in [0, 0.1) is 0 Å². The van der Waals surface area contributed by atoms with E-state index in [2.05, 4.69) is 10.6 Å². The van der Waals surface area contributed by atoms with Crippen molar-refractivity contribution < 1.29 is 19.1 Å². The number of benzene rings is 1. The van der Waals surface area contributed by atoms with Crippen LogP contribution in [0.4, 0.5) is 10.5 Å². The van der Waals surface area contributed by atoms with Crippen molar-refractivity contribution in [3.63, 3.8) is 0 Å². The Hall–Kier alpha value is -2.24. The van der Waals surface area contributed by atoms with E-state index < -0.39 is 12.2 Å². The van der Waals surface area contributed by atoms with Gasteiger partial charge < -0.3 is 20.1 Å². The maximum atomic E-state index is 11.5. The summed E-state index contributed by atoms with van der Waals surface area (Å²) in [5.41, 5.74) is 1.43. The highest BCUT2D eigenvalue weighted by molar-refractivity contribution is 5.97. The highest BCUT2D eigenvalue weighted by Crippen LogP contribution is 2.33. The lowest BCUT2D eigenvalue weighted by Crippen LogP contribution is -2.34. The molecule has 3 rings (SSSR count). The van der Waals surface area contributed by atoms with Crippen molar-refractivity contribution in [2.75, 3.05) is 11.9 Å². The topological polar surface area (TPSA) is 76.7 Å². The molecule has 1 fully saturated rings. The van der Waals surface area contributed by atoms with E-state index >= 15 is 0 Å². The van der Waals surface area contributed by atoms with Gasteiger partial charge in [0.2, 0.25) is 0 Å². The van der Waals surface area contributed by atoms with Crippen LogP contribution in [0.15, 0.2) is 18.2 Å². The summed E-state index contributed by atoms with van der Waals surface area (Å²) in [5, 5.41) is 5.34. The lowest BCUT2D eigenvalue weighted by atomic mass is 10.1. The maximum absolute atomic E-state index is 11.5. The maximum Gasteiger partial charge on any atom is 0.407 e. The minimum Gasteiger partial charge on any atom is -0.479 e. The minimum atomic E-state index is -0.491. The summed E-state index contributed by atoms with van der Waals surface area (Å²) >= 11 is 0. The molecule has 6 nitrogen and oxygen atoms in total. The molecule has 1 aromatic carbocycles. The second-order valence-electron chi connectivity index (χ2n) is 4.28. The van der Waals surface area contributed by atoms with E-state index in [1.54, 1.807) is 19.1 Å². The molecule has 0 aromatic heterocycles. The van der Waals surface area contributed by atoms with E-state index in [9.17, 15) is 9.59 Å². The molecule has 94 valence electrons.